The summed E-state index contributed by atoms with van der Waals surface area (Å²) in [5, 5.41) is 32.9. The summed E-state index contributed by atoms with van der Waals surface area (Å²) in [6, 6.07) is 8.09. The van der Waals surface area contributed by atoms with Crippen LogP contribution in [0.4, 0.5) is 0 Å². The van der Waals surface area contributed by atoms with Crippen LogP contribution in [0.25, 0.3) is 10.1 Å². The average molecular weight is 417 g/mol. The van der Waals surface area contributed by atoms with Crippen molar-refractivity contribution in [1.29, 1.82) is 0 Å². The summed E-state index contributed by atoms with van der Waals surface area (Å²) in [4.78, 5) is 23.1. The van der Waals surface area contributed by atoms with Gasteiger partial charge in [0.25, 0.3) is 0 Å². The largest absolute Gasteiger partial charge is 0.481 e. The van der Waals surface area contributed by atoms with Crippen LogP contribution in [0, 0.1) is 11.8 Å². The molecule has 1 unspecified atom stereocenters. The fraction of sp³-hybridized carbons (Fsp3) is 0.478. The lowest BCUT2D eigenvalue weighted by Gasteiger charge is -2.33. The highest BCUT2D eigenvalue weighted by molar-refractivity contribution is 7.17. The number of rotatable bonds is 9. The van der Waals surface area contributed by atoms with E-state index in [1.54, 1.807) is 23.5 Å². The van der Waals surface area contributed by atoms with E-state index in [2.05, 4.69) is 11.4 Å². The Morgan fingerprint density at radius 3 is 2.86 bits per heavy atom. The molecule has 1 aromatic heterocycles. The Balaban J connectivity index is 1.63. The van der Waals surface area contributed by atoms with Crippen molar-refractivity contribution >= 4 is 33.2 Å². The van der Waals surface area contributed by atoms with Gasteiger partial charge in [0.05, 0.1) is 12.2 Å². The SMILES string of the molecule is O=C(O)CCCC[C@H]1C(=O)CC[C@@H](O)[C@@H]1/C=C/C(O)Cc1csc2ccccc12. The van der Waals surface area contributed by atoms with Gasteiger partial charge in [-0.2, -0.15) is 0 Å². The molecule has 1 aromatic carbocycles. The predicted molar refractivity (Wildman–Crippen MR) is 114 cm³/mol. The summed E-state index contributed by atoms with van der Waals surface area (Å²) in [7, 11) is 0. The maximum atomic E-state index is 12.4. The Morgan fingerprint density at radius 1 is 1.28 bits per heavy atom. The molecule has 0 saturated heterocycles. The Bertz CT molecular complexity index is 871. The zero-order valence-corrected chi connectivity index (χ0v) is 17.2. The van der Waals surface area contributed by atoms with E-state index in [-0.39, 0.29) is 24.0 Å². The molecule has 0 amide bonds. The molecule has 0 bridgehead atoms. The normalized spacial score (nSPS) is 23.7. The van der Waals surface area contributed by atoms with Crippen LogP contribution in [0.15, 0.2) is 41.8 Å². The molecule has 3 N–H and O–H groups in total. The number of carboxylic acids is 1. The lowest BCUT2D eigenvalue weighted by atomic mass is 9.73. The van der Waals surface area contributed by atoms with Crippen LogP contribution in [-0.2, 0) is 16.0 Å². The van der Waals surface area contributed by atoms with E-state index in [1.165, 1.54) is 4.70 Å². The fourth-order valence-corrected chi connectivity index (χ4v) is 5.12. The van der Waals surface area contributed by atoms with E-state index in [9.17, 15) is 19.8 Å². The summed E-state index contributed by atoms with van der Waals surface area (Å²) >= 11 is 1.65. The molecule has 1 heterocycles. The third-order valence-electron chi connectivity index (χ3n) is 5.71. The number of carbonyl (C=O) groups excluding carboxylic acids is 1. The summed E-state index contributed by atoms with van der Waals surface area (Å²) in [6.45, 7) is 0. The van der Waals surface area contributed by atoms with Crippen molar-refractivity contribution in [2.75, 3.05) is 0 Å². The van der Waals surface area contributed by atoms with Gasteiger partial charge >= 0.3 is 5.97 Å². The second kappa shape index (κ2) is 10.1. The molecule has 1 saturated carbocycles. The number of Topliss-reactive ketones (excluding diaryl/α,β-unsaturated/α-hetero) is 1. The van der Waals surface area contributed by atoms with Gasteiger partial charge in [-0.15, -0.1) is 11.3 Å². The number of unbranched alkanes of at least 4 members (excludes halogenated alkanes) is 1. The van der Waals surface area contributed by atoms with Crippen LogP contribution in [-0.4, -0.2) is 39.3 Å². The lowest BCUT2D eigenvalue weighted by Crippen LogP contribution is -2.37. The number of thiophene rings is 1. The standard InChI is InChI=1S/C23H28O5S/c24-16(13-15-14-29-22-7-3-1-5-17(15)22)9-10-19-18(6-2-4-8-23(27)28)20(25)11-12-21(19)26/h1,3,5,7,9-10,14,16,18-19,21,24,26H,2,4,6,8,11-13H2,(H,27,28)/b10-9+/t16?,18-,19-,21-/m1/s1. The van der Waals surface area contributed by atoms with Gasteiger partial charge in [-0.1, -0.05) is 36.8 Å². The van der Waals surface area contributed by atoms with Crippen LogP contribution >= 0.6 is 11.3 Å². The van der Waals surface area contributed by atoms with Crippen LogP contribution in [0.5, 0.6) is 0 Å². The first kappa shape index (κ1) is 21.7. The molecule has 4 atom stereocenters. The van der Waals surface area contributed by atoms with Crippen LogP contribution in [0.3, 0.4) is 0 Å². The quantitative estimate of drug-likeness (QED) is 0.425. The first-order valence-corrected chi connectivity index (χ1v) is 11.1. The van der Waals surface area contributed by atoms with Crippen molar-refractivity contribution in [2.45, 2.75) is 57.2 Å². The number of ketones is 1. The molecule has 2 aromatic rings. The maximum absolute atomic E-state index is 12.4. The number of hydrogen-bond acceptors (Lipinski definition) is 5. The van der Waals surface area contributed by atoms with Gasteiger partial charge in [-0.05, 0) is 41.7 Å². The molecule has 6 heteroatoms. The summed E-state index contributed by atoms with van der Waals surface area (Å²) in [5.74, 6) is -1.34. The topological polar surface area (TPSA) is 94.8 Å². The number of hydrogen-bond donors (Lipinski definition) is 3. The molecule has 0 aliphatic heterocycles. The van der Waals surface area contributed by atoms with Crippen LogP contribution in [0.1, 0.15) is 44.1 Å². The Hall–Kier alpha value is -2.02. The van der Waals surface area contributed by atoms with Crippen molar-refractivity contribution in [3.8, 4) is 0 Å². The third kappa shape index (κ3) is 5.75. The third-order valence-corrected chi connectivity index (χ3v) is 6.72. The molecule has 0 radical (unpaired) electrons. The zero-order chi connectivity index (χ0) is 20.8. The van der Waals surface area contributed by atoms with Gasteiger partial charge in [0.15, 0.2) is 0 Å². The van der Waals surface area contributed by atoms with E-state index in [1.807, 2.05) is 18.2 Å². The monoisotopic (exact) mass is 416 g/mol. The van der Waals surface area contributed by atoms with Crippen molar-refractivity contribution < 1.29 is 24.9 Å². The van der Waals surface area contributed by atoms with Gasteiger partial charge in [-0.3, -0.25) is 9.59 Å². The summed E-state index contributed by atoms with van der Waals surface area (Å²) in [6.07, 6.45) is 5.31. The van der Waals surface area contributed by atoms with E-state index in [0.717, 1.165) is 10.9 Å². The van der Waals surface area contributed by atoms with Crippen molar-refractivity contribution in [3.63, 3.8) is 0 Å². The second-order valence-corrected chi connectivity index (χ2v) is 8.72. The number of carbonyl (C=O) groups is 2. The summed E-state index contributed by atoms with van der Waals surface area (Å²) < 4.78 is 1.19. The number of benzene rings is 1. The minimum atomic E-state index is -0.833. The molecule has 1 aliphatic rings. The van der Waals surface area contributed by atoms with Crippen molar-refractivity contribution in [2.24, 2.45) is 11.8 Å². The predicted octanol–water partition coefficient (Wildman–Crippen LogP) is 3.96. The minimum absolute atomic E-state index is 0.0945. The van der Waals surface area contributed by atoms with Gasteiger partial charge < -0.3 is 15.3 Å². The van der Waals surface area contributed by atoms with Crippen LogP contribution < -0.4 is 0 Å². The Labute approximate surface area is 174 Å². The van der Waals surface area contributed by atoms with E-state index in [0.29, 0.717) is 38.5 Å². The van der Waals surface area contributed by atoms with Gasteiger partial charge in [0.1, 0.15) is 5.78 Å². The number of aliphatic hydroxyl groups is 2. The molecule has 0 spiro atoms. The molecular weight excluding hydrogens is 388 g/mol. The van der Waals surface area contributed by atoms with Crippen molar-refractivity contribution in [3.05, 3.63) is 47.4 Å². The van der Waals surface area contributed by atoms with E-state index < -0.39 is 18.2 Å². The van der Waals surface area contributed by atoms with E-state index >= 15 is 0 Å². The highest BCUT2D eigenvalue weighted by atomic mass is 32.1. The molecule has 29 heavy (non-hydrogen) atoms. The van der Waals surface area contributed by atoms with Gasteiger partial charge in [0, 0.05) is 35.8 Å². The maximum Gasteiger partial charge on any atom is 0.303 e. The molecule has 5 nitrogen and oxygen atoms in total. The first-order chi connectivity index (χ1) is 14.0. The van der Waals surface area contributed by atoms with E-state index in [4.69, 9.17) is 5.11 Å². The fourth-order valence-electron chi connectivity index (χ4n) is 4.15. The molecule has 1 fully saturated rings. The average Bonchev–Trinajstić information content (AvgIpc) is 3.09. The van der Waals surface area contributed by atoms with Crippen molar-refractivity contribution in [1.82, 2.24) is 0 Å². The Morgan fingerprint density at radius 2 is 2.07 bits per heavy atom. The minimum Gasteiger partial charge on any atom is -0.481 e. The summed E-state index contributed by atoms with van der Waals surface area (Å²) in [5.41, 5.74) is 1.09. The van der Waals surface area contributed by atoms with Crippen LogP contribution in [0.2, 0.25) is 0 Å². The highest BCUT2D eigenvalue weighted by Gasteiger charge is 2.35. The molecule has 1 aliphatic carbocycles. The smallest absolute Gasteiger partial charge is 0.303 e. The Kier molecular flexibility index (Phi) is 7.58. The number of carboxylic acid groups (broad SMARTS) is 1. The highest BCUT2D eigenvalue weighted by Crippen LogP contribution is 2.33. The second-order valence-electron chi connectivity index (χ2n) is 7.81. The molecular formula is C23H28O5S. The number of aliphatic hydroxyl groups excluding tert-OH is 2. The number of aliphatic carboxylic acids is 1. The van der Waals surface area contributed by atoms with Gasteiger partial charge in [0.2, 0.25) is 0 Å². The lowest BCUT2D eigenvalue weighted by molar-refractivity contribution is -0.137. The zero-order valence-electron chi connectivity index (χ0n) is 16.4. The molecule has 156 valence electrons. The molecule has 3 rings (SSSR count). The van der Waals surface area contributed by atoms with Gasteiger partial charge in [-0.25, -0.2) is 0 Å². The number of fused-ring (bicyclic) bond motifs is 1. The first-order valence-electron chi connectivity index (χ1n) is 10.2.